The van der Waals surface area contributed by atoms with E-state index in [0.29, 0.717) is 22.7 Å². The average Bonchev–Trinajstić information content (AvgIpc) is 3.34. The van der Waals surface area contributed by atoms with Gasteiger partial charge in [0, 0.05) is 28.9 Å². The number of halogens is 1. The molecule has 2 fully saturated rings. The molecule has 6 nitrogen and oxygen atoms in total. The van der Waals surface area contributed by atoms with Crippen LogP contribution in [0.25, 0.3) is 11.1 Å². The molecular weight excluding hydrogens is 488 g/mol. The monoisotopic (exact) mass is 518 g/mol. The Kier molecular flexibility index (Phi) is 6.73. The second-order valence-electron chi connectivity index (χ2n) is 10.4. The third-order valence-electron chi connectivity index (χ3n) is 8.17. The van der Waals surface area contributed by atoms with E-state index in [4.69, 9.17) is 11.6 Å². The summed E-state index contributed by atoms with van der Waals surface area (Å²) < 4.78 is 0. The first-order chi connectivity index (χ1) is 17.8. The van der Waals surface area contributed by atoms with Crippen LogP contribution in [0.1, 0.15) is 59.2 Å². The molecule has 192 valence electrons. The Morgan fingerprint density at radius 2 is 1.95 bits per heavy atom. The minimum atomic E-state index is -0.929. The summed E-state index contributed by atoms with van der Waals surface area (Å²) in [6.07, 6.45) is 3.56. The lowest BCUT2D eigenvalue weighted by molar-refractivity contribution is -0.105. The molecule has 1 aliphatic carbocycles. The Hall–Kier alpha value is -3.35. The van der Waals surface area contributed by atoms with Crippen molar-refractivity contribution in [1.29, 1.82) is 0 Å². The highest BCUT2D eigenvalue weighted by Crippen LogP contribution is 2.62. The zero-order valence-electron chi connectivity index (χ0n) is 21.0. The number of anilines is 2. The van der Waals surface area contributed by atoms with Crippen molar-refractivity contribution in [3.05, 3.63) is 81.9 Å². The Bertz CT molecular complexity index is 1360. The Balaban J connectivity index is 1.50. The lowest BCUT2D eigenvalue weighted by atomic mass is 9.88. The highest BCUT2D eigenvalue weighted by atomic mass is 35.5. The van der Waals surface area contributed by atoms with Gasteiger partial charge in [-0.25, -0.2) is 4.79 Å². The first-order valence-corrected chi connectivity index (χ1v) is 13.0. The van der Waals surface area contributed by atoms with Crippen LogP contribution < -0.4 is 10.2 Å². The highest BCUT2D eigenvalue weighted by Gasteiger charge is 2.53. The van der Waals surface area contributed by atoms with E-state index >= 15 is 0 Å². The number of rotatable bonds is 8. The van der Waals surface area contributed by atoms with Crippen molar-refractivity contribution >= 4 is 35.4 Å². The highest BCUT2D eigenvalue weighted by molar-refractivity contribution is 6.33. The number of aryl methyl sites for hydroxylation is 1. The minimum Gasteiger partial charge on any atom is -0.478 e. The SMILES string of the molecule is Cc1ccc(C2CC2(C)c2cc(-c3ccc(N4CCCC4CO)cc3)c(Cl)cc2NC=O)cc1C(=O)O. The number of hydrogen-bond donors (Lipinski definition) is 3. The van der Waals surface area contributed by atoms with Crippen LogP contribution in [0.15, 0.2) is 54.6 Å². The van der Waals surface area contributed by atoms with Crippen molar-refractivity contribution in [3.8, 4) is 11.1 Å². The summed E-state index contributed by atoms with van der Waals surface area (Å²) in [6.45, 7) is 5.03. The van der Waals surface area contributed by atoms with E-state index in [1.807, 2.05) is 24.3 Å². The number of carboxylic acid groups (broad SMARTS) is 1. The molecule has 7 heteroatoms. The van der Waals surface area contributed by atoms with Gasteiger partial charge in [-0.2, -0.15) is 0 Å². The lowest BCUT2D eigenvalue weighted by Crippen LogP contribution is -2.31. The summed E-state index contributed by atoms with van der Waals surface area (Å²) in [7, 11) is 0. The van der Waals surface area contributed by atoms with Gasteiger partial charge in [-0.3, -0.25) is 4.79 Å². The summed E-state index contributed by atoms with van der Waals surface area (Å²) in [5.74, 6) is -0.804. The molecule has 3 aromatic rings. The molecule has 0 bridgehead atoms. The number of aromatic carboxylic acids is 1. The van der Waals surface area contributed by atoms with Crippen LogP contribution in [0.3, 0.4) is 0 Å². The van der Waals surface area contributed by atoms with Gasteiger partial charge in [0.15, 0.2) is 0 Å². The van der Waals surface area contributed by atoms with Crippen LogP contribution >= 0.6 is 11.6 Å². The number of carbonyl (C=O) groups excluding carboxylic acids is 1. The summed E-state index contributed by atoms with van der Waals surface area (Å²) in [6, 6.07) is 17.9. The normalized spacial score (nSPS) is 22.6. The minimum absolute atomic E-state index is 0.125. The van der Waals surface area contributed by atoms with Gasteiger partial charge in [0.1, 0.15) is 0 Å². The first-order valence-electron chi connectivity index (χ1n) is 12.6. The molecule has 1 saturated heterocycles. The van der Waals surface area contributed by atoms with Gasteiger partial charge < -0.3 is 20.4 Å². The molecule has 1 aliphatic heterocycles. The molecule has 3 N–H and O–H groups in total. The standard InChI is InChI=1S/C30H31ClN2O4/c1-18-5-6-20(12-23(18)29(36)37)26-15-30(26,2)25-13-24(27(31)14-28(25)32-17-35)19-7-9-21(10-8-19)33-11-3-4-22(33)16-34/h5-10,12-14,17,22,26,34H,3-4,11,15-16H2,1-2H3,(H,32,35)(H,36,37). The lowest BCUT2D eigenvalue weighted by Gasteiger charge is -2.25. The summed E-state index contributed by atoms with van der Waals surface area (Å²) in [4.78, 5) is 25.4. The van der Waals surface area contributed by atoms with Gasteiger partial charge in [-0.05, 0) is 84.7 Å². The van der Waals surface area contributed by atoms with Crippen LogP contribution in [0.4, 0.5) is 11.4 Å². The number of amides is 1. The molecule has 0 spiro atoms. The molecule has 0 radical (unpaired) electrons. The zero-order chi connectivity index (χ0) is 26.3. The maximum Gasteiger partial charge on any atom is 0.335 e. The van der Waals surface area contributed by atoms with Gasteiger partial charge in [-0.1, -0.05) is 42.8 Å². The number of benzene rings is 3. The molecule has 37 heavy (non-hydrogen) atoms. The van der Waals surface area contributed by atoms with E-state index in [0.717, 1.165) is 59.3 Å². The van der Waals surface area contributed by atoms with Gasteiger partial charge >= 0.3 is 5.97 Å². The van der Waals surface area contributed by atoms with Crippen LogP contribution in [0.2, 0.25) is 5.02 Å². The maximum absolute atomic E-state index is 11.7. The summed E-state index contributed by atoms with van der Waals surface area (Å²) >= 11 is 6.72. The Morgan fingerprint density at radius 1 is 1.19 bits per heavy atom. The average molecular weight is 519 g/mol. The predicted molar refractivity (Wildman–Crippen MR) is 147 cm³/mol. The van der Waals surface area contributed by atoms with E-state index in [1.165, 1.54) is 0 Å². The smallest absolute Gasteiger partial charge is 0.335 e. The number of hydrogen-bond acceptors (Lipinski definition) is 4. The Morgan fingerprint density at radius 3 is 2.62 bits per heavy atom. The maximum atomic E-state index is 11.7. The molecule has 5 rings (SSSR count). The van der Waals surface area contributed by atoms with Crippen LogP contribution in [-0.4, -0.2) is 41.8 Å². The largest absolute Gasteiger partial charge is 0.478 e. The molecule has 3 unspecified atom stereocenters. The molecule has 3 atom stereocenters. The van der Waals surface area contributed by atoms with E-state index in [-0.39, 0.29) is 24.0 Å². The number of aliphatic hydroxyl groups is 1. The van der Waals surface area contributed by atoms with Gasteiger partial charge in [0.25, 0.3) is 0 Å². The van der Waals surface area contributed by atoms with Crippen LogP contribution in [0.5, 0.6) is 0 Å². The van der Waals surface area contributed by atoms with Gasteiger partial charge in [0.2, 0.25) is 6.41 Å². The number of nitrogens with zero attached hydrogens (tertiary/aromatic N) is 1. The van der Waals surface area contributed by atoms with E-state index < -0.39 is 5.97 Å². The summed E-state index contributed by atoms with van der Waals surface area (Å²) in [5, 5.41) is 22.6. The van der Waals surface area contributed by atoms with Crippen LogP contribution in [0, 0.1) is 6.92 Å². The fourth-order valence-corrected chi connectivity index (χ4v) is 6.16. The summed E-state index contributed by atoms with van der Waals surface area (Å²) in [5.41, 5.74) is 6.32. The zero-order valence-corrected chi connectivity index (χ0v) is 21.8. The second-order valence-corrected chi connectivity index (χ2v) is 10.8. The number of carboxylic acids is 1. The molecule has 1 amide bonds. The second kappa shape index (κ2) is 9.84. The van der Waals surface area contributed by atoms with Crippen molar-refractivity contribution in [3.63, 3.8) is 0 Å². The number of carbonyl (C=O) groups is 2. The van der Waals surface area contributed by atoms with E-state index in [9.17, 15) is 19.8 Å². The van der Waals surface area contributed by atoms with Crippen molar-refractivity contribution < 1.29 is 19.8 Å². The fraction of sp³-hybridized carbons (Fsp3) is 0.333. The molecule has 1 heterocycles. The quantitative estimate of drug-likeness (QED) is 0.319. The molecule has 1 saturated carbocycles. The number of nitrogens with one attached hydrogen (secondary N) is 1. The Labute approximate surface area is 221 Å². The number of aliphatic hydroxyl groups excluding tert-OH is 1. The van der Waals surface area contributed by atoms with E-state index in [2.05, 4.69) is 35.3 Å². The molecule has 2 aliphatic rings. The van der Waals surface area contributed by atoms with Crippen molar-refractivity contribution in [2.24, 2.45) is 0 Å². The fourth-order valence-electron chi connectivity index (χ4n) is 5.88. The van der Waals surface area contributed by atoms with Crippen LogP contribution in [-0.2, 0) is 10.2 Å². The first kappa shape index (κ1) is 25.3. The van der Waals surface area contributed by atoms with Crippen molar-refractivity contribution in [2.75, 3.05) is 23.4 Å². The van der Waals surface area contributed by atoms with Gasteiger partial charge in [-0.15, -0.1) is 0 Å². The third-order valence-corrected chi connectivity index (χ3v) is 8.48. The topological polar surface area (TPSA) is 89.9 Å². The van der Waals surface area contributed by atoms with E-state index in [1.54, 1.807) is 19.1 Å². The molecule has 0 aromatic heterocycles. The van der Waals surface area contributed by atoms with Crippen molar-refractivity contribution in [1.82, 2.24) is 0 Å². The predicted octanol–water partition coefficient (Wildman–Crippen LogP) is 5.99. The van der Waals surface area contributed by atoms with Crippen molar-refractivity contribution in [2.45, 2.75) is 50.5 Å². The molecule has 3 aromatic carbocycles. The van der Waals surface area contributed by atoms with Gasteiger partial charge in [0.05, 0.1) is 23.2 Å². The third kappa shape index (κ3) is 4.60. The molecular formula is C30H31ClN2O4.